The summed E-state index contributed by atoms with van der Waals surface area (Å²) >= 11 is 3.48. The van der Waals surface area contributed by atoms with Crippen molar-refractivity contribution in [2.75, 3.05) is 22.9 Å². The third kappa shape index (κ3) is 3.48. The lowest BCUT2D eigenvalue weighted by Gasteiger charge is -2.27. The van der Waals surface area contributed by atoms with Gasteiger partial charge in [-0.1, -0.05) is 12.1 Å². The van der Waals surface area contributed by atoms with Crippen LogP contribution in [0.2, 0.25) is 0 Å². The average molecular weight is 458 g/mol. The van der Waals surface area contributed by atoms with Gasteiger partial charge in [0.25, 0.3) is 11.8 Å². The van der Waals surface area contributed by atoms with E-state index >= 15 is 0 Å². The molecule has 4 amide bonds. The molecule has 2 aliphatic rings. The van der Waals surface area contributed by atoms with Crippen molar-refractivity contribution >= 4 is 51.4 Å². The molecule has 8 heteroatoms. The maximum atomic E-state index is 13.1. The highest BCUT2D eigenvalue weighted by molar-refractivity contribution is 9.10. The molecule has 3 heterocycles. The van der Waals surface area contributed by atoms with Gasteiger partial charge in [0, 0.05) is 19.2 Å². The largest absolute Gasteiger partial charge is 0.440 e. The standard InChI is InChI=1S/C21H20BrN3O4/c1-12-6-5-7-17(13(12)2)25-19(27)15(18(26)23-21(25)28)10-14-11-16(22)20(29-14)24-8-3-4-9-24/h5-7,10-11H,3-4,8-9H2,1-2H3,(H,23,26,28)/b15-10+. The summed E-state index contributed by atoms with van der Waals surface area (Å²) in [5, 5.41) is 2.25. The molecule has 0 spiro atoms. The summed E-state index contributed by atoms with van der Waals surface area (Å²) in [7, 11) is 0. The van der Waals surface area contributed by atoms with Crippen LogP contribution >= 0.6 is 15.9 Å². The van der Waals surface area contributed by atoms with Crippen LogP contribution in [0, 0.1) is 13.8 Å². The van der Waals surface area contributed by atoms with E-state index in [-0.39, 0.29) is 5.57 Å². The number of urea groups is 1. The first-order valence-corrected chi connectivity index (χ1v) is 10.2. The monoisotopic (exact) mass is 457 g/mol. The number of imide groups is 2. The Morgan fingerprint density at radius 2 is 1.86 bits per heavy atom. The fraction of sp³-hybridized carbons (Fsp3) is 0.286. The van der Waals surface area contributed by atoms with Crippen molar-refractivity contribution in [1.82, 2.24) is 5.32 Å². The van der Waals surface area contributed by atoms with Crippen molar-refractivity contribution < 1.29 is 18.8 Å². The van der Waals surface area contributed by atoms with Crippen molar-refractivity contribution in [3.8, 4) is 0 Å². The summed E-state index contributed by atoms with van der Waals surface area (Å²) in [6, 6.07) is 6.31. The number of nitrogens with zero attached hydrogens (tertiary/aromatic N) is 2. The lowest BCUT2D eigenvalue weighted by Crippen LogP contribution is -2.54. The lowest BCUT2D eigenvalue weighted by molar-refractivity contribution is -0.122. The molecule has 2 aliphatic heterocycles. The highest BCUT2D eigenvalue weighted by Gasteiger charge is 2.38. The average Bonchev–Trinajstić information content (AvgIpc) is 3.31. The molecule has 0 saturated carbocycles. The molecule has 29 heavy (non-hydrogen) atoms. The molecule has 7 nitrogen and oxygen atoms in total. The molecule has 0 unspecified atom stereocenters. The zero-order valence-electron chi connectivity index (χ0n) is 16.1. The second-order valence-electron chi connectivity index (χ2n) is 7.17. The van der Waals surface area contributed by atoms with E-state index in [0.29, 0.717) is 17.3 Å². The molecule has 0 atom stereocenters. The molecule has 1 aromatic heterocycles. The van der Waals surface area contributed by atoms with E-state index in [1.54, 1.807) is 18.2 Å². The van der Waals surface area contributed by atoms with E-state index in [1.165, 1.54) is 6.08 Å². The van der Waals surface area contributed by atoms with E-state index in [9.17, 15) is 14.4 Å². The van der Waals surface area contributed by atoms with Crippen LogP contribution in [0.25, 0.3) is 6.08 Å². The summed E-state index contributed by atoms with van der Waals surface area (Å²) in [5.74, 6) is -0.368. The maximum Gasteiger partial charge on any atom is 0.335 e. The zero-order valence-corrected chi connectivity index (χ0v) is 17.7. The Labute approximate surface area is 176 Å². The number of furan rings is 1. The van der Waals surface area contributed by atoms with Gasteiger partial charge in [0.15, 0.2) is 0 Å². The number of hydrogen-bond acceptors (Lipinski definition) is 5. The third-order valence-electron chi connectivity index (χ3n) is 5.29. The number of aryl methyl sites for hydroxylation is 1. The summed E-state index contributed by atoms with van der Waals surface area (Å²) < 4.78 is 6.64. The molecule has 0 aliphatic carbocycles. The van der Waals surface area contributed by atoms with Gasteiger partial charge in [-0.3, -0.25) is 14.9 Å². The van der Waals surface area contributed by atoms with E-state index < -0.39 is 17.8 Å². The van der Waals surface area contributed by atoms with Crippen LogP contribution in [0.1, 0.15) is 29.7 Å². The van der Waals surface area contributed by atoms with Crippen LogP contribution in [0.5, 0.6) is 0 Å². The Hall–Kier alpha value is -2.87. The molecular formula is C21H20BrN3O4. The van der Waals surface area contributed by atoms with Gasteiger partial charge in [-0.2, -0.15) is 0 Å². The minimum Gasteiger partial charge on any atom is -0.440 e. The number of halogens is 1. The molecule has 2 saturated heterocycles. The van der Waals surface area contributed by atoms with Crippen LogP contribution in [0.15, 0.2) is 38.7 Å². The number of barbiturate groups is 1. The number of amides is 4. The Kier molecular flexibility index (Phi) is 5.04. The fourth-order valence-corrected chi connectivity index (χ4v) is 4.14. The number of carbonyl (C=O) groups is 3. The quantitative estimate of drug-likeness (QED) is 0.557. The van der Waals surface area contributed by atoms with Crippen molar-refractivity contribution in [2.24, 2.45) is 0 Å². The first kappa shape index (κ1) is 19.4. The van der Waals surface area contributed by atoms with Crippen LogP contribution in [0.3, 0.4) is 0 Å². The van der Waals surface area contributed by atoms with Crippen molar-refractivity contribution in [2.45, 2.75) is 26.7 Å². The van der Waals surface area contributed by atoms with E-state index in [4.69, 9.17) is 4.42 Å². The Morgan fingerprint density at radius 1 is 1.14 bits per heavy atom. The van der Waals surface area contributed by atoms with E-state index in [1.807, 2.05) is 19.9 Å². The van der Waals surface area contributed by atoms with E-state index in [0.717, 1.165) is 46.4 Å². The Balaban J connectivity index is 1.71. The zero-order chi connectivity index (χ0) is 20.7. The molecular weight excluding hydrogens is 438 g/mol. The molecule has 1 aromatic carbocycles. The summed E-state index contributed by atoms with van der Waals surface area (Å²) in [6.07, 6.45) is 3.57. The first-order chi connectivity index (χ1) is 13.9. The number of rotatable bonds is 3. The van der Waals surface area contributed by atoms with E-state index in [2.05, 4.69) is 26.1 Å². The van der Waals surface area contributed by atoms with Gasteiger partial charge in [0.1, 0.15) is 11.3 Å². The van der Waals surface area contributed by atoms with Gasteiger partial charge in [-0.15, -0.1) is 0 Å². The topological polar surface area (TPSA) is 82.9 Å². The fourth-order valence-electron chi connectivity index (χ4n) is 3.58. The van der Waals surface area contributed by atoms with Gasteiger partial charge >= 0.3 is 6.03 Å². The second kappa shape index (κ2) is 7.51. The molecule has 1 N–H and O–H groups in total. The highest BCUT2D eigenvalue weighted by Crippen LogP contribution is 2.34. The number of benzene rings is 1. The Bertz CT molecular complexity index is 1050. The molecule has 2 aromatic rings. The molecule has 0 bridgehead atoms. The summed E-state index contributed by atoms with van der Waals surface area (Å²) in [5.41, 5.74) is 2.03. The number of carbonyl (C=O) groups excluding carboxylic acids is 3. The molecule has 150 valence electrons. The predicted molar refractivity (Wildman–Crippen MR) is 113 cm³/mol. The minimum absolute atomic E-state index is 0.153. The maximum absolute atomic E-state index is 13.1. The SMILES string of the molecule is Cc1cccc(N2C(=O)NC(=O)/C(=C\c3cc(Br)c(N4CCCC4)o3)C2=O)c1C. The van der Waals surface area contributed by atoms with Crippen LogP contribution in [-0.4, -0.2) is 30.9 Å². The van der Waals surface area contributed by atoms with Crippen LogP contribution < -0.4 is 15.1 Å². The number of nitrogens with one attached hydrogen (secondary N) is 1. The summed E-state index contributed by atoms with van der Waals surface area (Å²) in [4.78, 5) is 41.0. The number of anilines is 2. The van der Waals surface area contributed by atoms with Crippen LogP contribution in [0.4, 0.5) is 16.4 Å². The summed E-state index contributed by atoms with van der Waals surface area (Å²) in [6.45, 7) is 5.53. The third-order valence-corrected chi connectivity index (χ3v) is 5.85. The van der Waals surface area contributed by atoms with Gasteiger partial charge in [-0.05, 0) is 65.9 Å². The van der Waals surface area contributed by atoms with Crippen molar-refractivity contribution in [1.29, 1.82) is 0 Å². The van der Waals surface area contributed by atoms with Gasteiger partial charge in [0.05, 0.1) is 10.2 Å². The van der Waals surface area contributed by atoms with Crippen molar-refractivity contribution in [3.05, 3.63) is 51.2 Å². The van der Waals surface area contributed by atoms with Gasteiger partial charge < -0.3 is 9.32 Å². The minimum atomic E-state index is -0.760. The van der Waals surface area contributed by atoms with Crippen molar-refractivity contribution in [3.63, 3.8) is 0 Å². The van der Waals surface area contributed by atoms with Gasteiger partial charge in [0.2, 0.25) is 5.88 Å². The highest BCUT2D eigenvalue weighted by atomic mass is 79.9. The predicted octanol–water partition coefficient (Wildman–Crippen LogP) is 3.93. The molecule has 0 radical (unpaired) electrons. The van der Waals surface area contributed by atoms with Crippen LogP contribution in [-0.2, 0) is 9.59 Å². The first-order valence-electron chi connectivity index (χ1n) is 9.39. The van der Waals surface area contributed by atoms with Gasteiger partial charge in [-0.25, -0.2) is 9.69 Å². The number of hydrogen-bond donors (Lipinski definition) is 1. The molecule has 4 rings (SSSR count). The molecule has 2 fully saturated rings. The smallest absolute Gasteiger partial charge is 0.335 e. The Morgan fingerprint density at radius 3 is 2.59 bits per heavy atom. The second-order valence-corrected chi connectivity index (χ2v) is 8.03. The lowest BCUT2D eigenvalue weighted by atomic mass is 10.0. The normalized spacial score (nSPS) is 18.7.